The summed E-state index contributed by atoms with van der Waals surface area (Å²) >= 11 is 3.54. The number of halogens is 1. The monoisotopic (exact) mass is 301 g/mol. The molecule has 0 aliphatic rings. The van der Waals surface area contributed by atoms with E-state index in [-0.39, 0.29) is 6.10 Å². The van der Waals surface area contributed by atoms with Crippen LogP contribution in [0.5, 0.6) is 0 Å². The molecule has 0 radical (unpaired) electrons. The fraction of sp³-hybridized carbons (Fsp3) is 0.667. The van der Waals surface area contributed by atoms with Crippen molar-refractivity contribution in [3.05, 3.63) is 16.0 Å². The molecule has 1 aromatic heterocycles. The molecule has 5 heteroatoms. The van der Waals surface area contributed by atoms with Gasteiger partial charge in [0.1, 0.15) is 11.6 Å². The van der Waals surface area contributed by atoms with Gasteiger partial charge in [0.2, 0.25) is 0 Å². The third-order valence-electron chi connectivity index (χ3n) is 2.52. The molecular formula is C12H20BrN3O. The Labute approximate surface area is 111 Å². The van der Waals surface area contributed by atoms with Gasteiger partial charge in [-0.15, -0.1) is 0 Å². The second kappa shape index (κ2) is 6.91. The van der Waals surface area contributed by atoms with Gasteiger partial charge < -0.3 is 10.1 Å². The molecule has 0 bridgehead atoms. The van der Waals surface area contributed by atoms with Gasteiger partial charge >= 0.3 is 0 Å². The van der Waals surface area contributed by atoms with Gasteiger partial charge in [-0.3, -0.25) is 0 Å². The third kappa shape index (κ3) is 3.92. The molecule has 0 fully saturated rings. The van der Waals surface area contributed by atoms with Crippen LogP contribution in [0, 0.1) is 0 Å². The number of ether oxygens (including phenoxy) is 1. The van der Waals surface area contributed by atoms with Crippen LogP contribution in [-0.4, -0.2) is 29.7 Å². The molecule has 17 heavy (non-hydrogen) atoms. The van der Waals surface area contributed by atoms with E-state index in [9.17, 15) is 0 Å². The Kier molecular flexibility index (Phi) is 5.85. The Bertz CT molecular complexity index is 371. The highest BCUT2D eigenvalue weighted by Gasteiger charge is 2.12. The van der Waals surface area contributed by atoms with Crippen molar-refractivity contribution in [2.24, 2.45) is 0 Å². The zero-order valence-corrected chi connectivity index (χ0v) is 12.5. The van der Waals surface area contributed by atoms with Gasteiger partial charge in [-0.25, -0.2) is 9.97 Å². The Morgan fingerprint density at radius 1 is 1.35 bits per heavy atom. The topological polar surface area (TPSA) is 47.0 Å². The molecule has 1 N–H and O–H groups in total. The van der Waals surface area contributed by atoms with Crippen LogP contribution < -0.4 is 5.32 Å². The van der Waals surface area contributed by atoms with Gasteiger partial charge in [0.25, 0.3) is 0 Å². The number of nitrogens with zero attached hydrogens (tertiary/aromatic N) is 2. The summed E-state index contributed by atoms with van der Waals surface area (Å²) in [7, 11) is 1.70. The van der Waals surface area contributed by atoms with E-state index in [1.807, 2.05) is 6.92 Å². The first-order valence-electron chi connectivity index (χ1n) is 5.94. The number of aromatic nitrogens is 2. The van der Waals surface area contributed by atoms with Crippen molar-refractivity contribution in [2.45, 2.75) is 39.7 Å². The number of nitrogens with one attached hydrogen (secondary N) is 1. The molecule has 1 atom stereocenters. The maximum atomic E-state index is 5.25. The van der Waals surface area contributed by atoms with E-state index in [1.54, 1.807) is 7.11 Å². The summed E-state index contributed by atoms with van der Waals surface area (Å²) < 4.78 is 6.21. The lowest BCUT2D eigenvalue weighted by atomic mass is 10.2. The van der Waals surface area contributed by atoms with E-state index in [2.05, 4.69) is 45.1 Å². The van der Waals surface area contributed by atoms with E-state index in [1.165, 1.54) is 0 Å². The average molecular weight is 302 g/mol. The predicted molar refractivity (Wildman–Crippen MR) is 73.4 cm³/mol. The molecule has 0 amide bonds. The van der Waals surface area contributed by atoms with Crippen LogP contribution in [0.2, 0.25) is 0 Å². The average Bonchev–Trinajstić information content (AvgIpc) is 2.33. The summed E-state index contributed by atoms with van der Waals surface area (Å²) in [6.07, 6.45) is 1.75. The molecule has 0 aliphatic heterocycles. The third-order valence-corrected chi connectivity index (χ3v) is 3.35. The van der Waals surface area contributed by atoms with E-state index >= 15 is 0 Å². The Balaban J connectivity index is 3.02. The molecule has 0 aromatic carbocycles. The molecule has 1 aromatic rings. The Morgan fingerprint density at radius 2 is 2.06 bits per heavy atom. The second-order valence-electron chi connectivity index (χ2n) is 3.88. The summed E-state index contributed by atoms with van der Waals surface area (Å²) in [6.45, 7) is 7.01. The Hall–Kier alpha value is -0.680. The van der Waals surface area contributed by atoms with Gasteiger partial charge in [0.15, 0.2) is 0 Å². The standard InChI is InChI=1S/C12H20BrN3O/c1-5-9-11(13)12(14-6-2)16-10(15-9)7-8(3)17-4/h8H,5-7H2,1-4H3,(H,14,15,16). The molecule has 1 heterocycles. The zero-order chi connectivity index (χ0) is 12.8. The summed E-state index contributed by atoms with van der Waals surface area (Å²) in [5.41, 5.74) is 1.04. The van der Waals surface area contributed by atoms with Gasteiger partial charge in [-0.1, -0.05) is 6.92 Å². The lowest BCUT2D eigenvalue weighted by molar-refractivity contribution is 0.117. The van der Waals surface area contributed by atoms with Gasteiger partial charge in [0.05, 0.1) is 16.3 Å². The van der Waals surface area contributed by atoms with Crippen LogP contribution in [0.25, 0.3) is 0 Å². The summed E-state index contributed by atoms with van der Waals surface area (Å²) in [5.74, 6) is 1.70. The molecule has 0 aliphatic carbocycles. The first-order chi connectivity index (χ1) is 8.12. The van der Waals surface area contributed by atoms with Crippen LogP contribution >= 0.6 is 15.9 Å². The van der Waals surface area contributed by atoms with Crippen molar-refractivity contribution in [1.82, 2.24) is 9.97 Å². The fourth-order valence-electron chi connectivity index (χ4n) is 1.50. The fourth-order valence-corrected chi connectivity index (χ4v) is 2.09. The highest BCUT2D eigenvalue weighted by Crippen LogP contribution is 2.24. The van der Waals surface area contributed by atoms with Crippen LogP contribution in [0.3, 0.4) is 0 Å². The summed E-state index contributed by atoms with van der Waals surface area (Å²) in [4.78, 5) is 9.05. The largest absolute Gasteiger partial charge is 0.381 e. The van der Waals surface area contributed by atoms with Gasteiger partial charge in [0, 0.05) is 20.1 Å². The van der Waals surface area contributed by atoms with E-state index in [4.69, 9.17) is 4.74 Å². The van der Waals surface area contributed by atoms with Crippen LogP contribution in [0.4, 0.5) is 5.82 Å². The van der Waals surface area contributed by atoms with Gasteiger partial charge in [-0.05, 0) is 36.2 Å². The molecule has 4 nitrogen and oxygen atoms in total. The number of anilines is 1. The molecule has 0 saturated carbocycles. The summed E-state index contributed by atoms with van der Waals surface area (Å²) in [5, 5.41) is 3.24. The number of aryl methyl sites for hydroxylation is 1. The minimum atomic E-state index is 0.135. The second-order valence-corrected chi connectivity index (χ2v) is 4.68. The molecule has 1 rings (SSSR count). The molecular weight excluding hydrogens is 282 g/mol. The number of hydrogen-bond acceptors (Lipinski definition) is 4. The van der Waals surface area contributed by atoms with Crippen LogP contribution in [0.15, 0.2) is 4.47 Å². The van der Waals surface area contributed by atoms with Crippen molar-refractivity contribution >= 4 is 21.7 Å². The highest BCUT2D eigenvalue weighted by molar-refractivity contribution is 9.10. The Morgan fingerprint density at radius 3 is 2.59 bits per heavy atom. The molecule has 0 spiro atoms. The van der Waals surface area contributed by atoms with E-state index < -0.39 is 0 Å². The number of methoxy groups -OCH3 is 1. The van der Waals surface area contributed by atoms with Crippen LogP contribution in [0.1, 0.15) is 32.3 Å². The van der Waals surface area contributed by atoms with Crippen molar-refractivity contribution < 1.29 is 4.74 Å². The SMILES string of the molecule is CCNc1nc(CC(C)OC)nc(CC)c1Br. The zero-order valence-electron chi connectivity index (χ0n) is 10.9. The lowest BCUT2D eigenvalue weighted by Crippen LogP contribution is -2.14. The van der Waals surface area contributed by atoms with Crippen molar-refractivity contribution in [2.75, 3.05) is 19.0 Å². The minimum absolute atomic E-state index is 0.135. The molecule has 1 unspecified atom stereocenters. The number of hydrogen-bond donors (Lipinski definition) is 1. The van der Waals surface area contributed by atoms with Crippen molar-refractivity contribution in [1.29, 1.82) is 0 Å². The summed E-state index contributed by atoms with van der Waals surface area (Å²) in [6, 6.07) is 0. The van der Waals surface area contributed by atoms with Gasteiger partial charge in [-0.2, -0.15) is 0 Å². The normalized spacial score (nSPS) is 12.5. The maximum Gasteiger partial charge on any atom is 0.144 e. The van der Waals surface area contributed by atoms with E-state index in [0.717, 1.165) is 41.2 Å². The van der Waals surface area contributed by atoms with E-state index in [0.29, 0.717) is 0 Å². The molecule has 0 saturated heterocycles. The van der Waals surface area contributed by atoms with Crippen molar-refractivity contribution in [3.8, 4) is 0 Å². The van der Waals surface area contributed by atoms with Crippen molar-refractivity contribution in [3.63, 3.8) is 0 Å². The predicted octanol–water partition coefficient (Wildman–Crippen LogP) is 2.81. The first-order valence-corrected chi connectivity index (χ1v) is 6.73. The number of rotatable bonds is 6. The highest BCUT2D eigenvalue weighted by atomic mass is 79.9. The smallest absolute Gasteiger partial charge is 0.144 e. The first kappa shape index (κ1) is 14.4. The molecule has 96 valence electrons. The quantitative estimate of drug-likeness (QED) is 0.878. The van der Waals surface area contributed by atoms with Crippen LogP contribution in [-0.2, 0) is 17.6 Å². The maximum absolute atomic E-state index is 5.25. The minimum Gasteiger partial charge on any atom is -0.381 e. The lowest BCUT2D eigenvalue weighted by Gasteiger charge is -2.13.